The van der Waals surface area contributed by atoms with Gasteiger partial charge in [-0.1, -0.05) is 56.5 Å². The van der Waals surface area contributed by atoms with Crippen LogP contribution in [-0.2, 0) is 16.4 Å². The summed E-state index contributed by atoms with van der Waals surface area (Å²) in [5.74, 6) is 0.990. The summed E-state index contributed by atoms with van der Waals surface area (Å²) in [7, 11) is -3.82. The van der Waals surface area contributed by atoms with Crippen molar-refractivity contribution in [1.29, 1.82) is 0 Å². The molecule has 1 aliphatic heterocycles. The predicted molar refractivity (Wildman–Crippen MR) is 178 cm³/mol. The summed E-state index contributed by atoms with van der Waals surface area (Å²) in [5.41, 5.74) is 5.14. The number of aromatic hydroxyl groups is 1. The zero-order valence-electron chi connectivity index (χ0n) is 25.4. The highest BCUT2D eigenvalue weighted by molar-refractivity contribution is 7.92. The molecular weight excluding hydrogens is 588 g/mol. The van der Waals surface area contributed by atoms with Crippen LogP contribution in [0.15, 0.2) is 95.9 Å². The molecule has 5 rings (SSSR count). The normalized spacial score (nSPS) is 14.3. The van der Waals surface area contributed by atoms with Gasteiger partial charge in [0.25, 0.3) is 10.0 Å². The molecule has 10 heteroatoms. The van der Waals surface area contributed by atoms with Gasteiger partial charge in [0.05, 0.1) is 10.9 Å². The molecule has 1 heterocycles. The number of phenols is 1. The van der Waals surface area contributed by atoms with Crippen LogP contribution in [0.25, 0.3) is 11.1 Å². The van der Waals surface area contributed by atoms with Gasteiger partial charge in [0.15, 0.2) is 0 Å². The third-order valence-electron chi connectivity index (χ3n) is 7.77. The Morgan fingerprint density at radius 1 is 0.889 bits per heavy atom. The van der Waals surface area contributed by atoms with Crippen molar-refractivity contribution in [3.63, 3.8) is 0 Å². The molecule has 0 saturated carbocycles. The number of fused-ring (bicyclic) bond motifs is 1. The molecule has 0 aliphatic carbocycles. The molecule has 45 heavy (non-hydrogen) atoms. The zero-order valence-corrected chi connectivity index (χ0v) is 26.2. The Bertz CT molecular complexity index is 1680. The van der Waals surface area contributed by atoms with Crippen molar-refractivity contribution in [1.82, 2.24) is 10.6 Å². The molecule has 9 nitrogen and oxygen atoms in total. The second kappa shape index (κ2) is 15.0. The van der Waals surface area contributed by atoms with Gasteiger partial charge in [-0.3, -0.25) is 4.72 Å². The van der Waals surface area contributed by atoms with Crippen LogP contribution in [0, 0.1) is 0 Å². The first-order chi connectivity index (χ1) is 21.8. The Labute approximate surface area is 265 Å². The topological polar surface area (TPSA) is 129 Å². The van der Waals surface area contributed by atoms with Crippen LogP contribution in [-0.4, -0.2) is 39.3 Å². The number of hydrogen-bond donors (Lipinski definition) is 5. The number of ether oxygens (including phenoxy) is 1. The van der Waals surface area contributed by atoms with Crippen LogP contribution in [0.3, 0.4) is 0 Å². The molecule has 0 radical (unpaired) electrons. The largest absolute Gasteiger partial charge is 0.508 e. The van der Waals surface area contributed by atoms with Gasteiger partial charge in [-0.05, 0) is 102 Å². The maximum Gasteiger partial charge on any atom is 0.319 e. The summed E-state index contributed by atoms with van der Waals surface area (Å²) in [6.07, 6.45) is 5.20. The van der Waals surface area contributed by atoms with Gasteiger partial charge < -0.3 is 25.8 Å². The minimum atomic E-state index is -3.82. The van der Waals surface area contributed by atoms with E-state index in [9.17, 15) is 18.3 Å². The lowest BCUT2D eigenvalue weighted by Crippen LogP contribution is -2.33. The Balaban J connectivity index is 1.12. The number of unbranched alkanes of at least 4 members (excludes halogenated alkanes) is 3. The third-order valence-corrected chi connectivity index (χ3v) is 9.17. The number of carbonyl (C=O) groups excluding carboxylic acids is 1. The maximum absolute atomic E-state index is 13.0. The fourth-order valence-electron chi connectivity index (χ4n) is 5.29. The summed E-state index contributed by atoms with van der Waals surface area (Å²) in [4.78, 5) is 12.2. The van der Waals surface area contributed by atoms with Crippen molar-refractivity contribution < 1.29 is 23.1 Å². The molecule has 1 unspecified atom stereocenters. The van der Waals surface area contributed by atoms with Crippen LogP contribution in [0.1, 0.15) is 49.8 Å². The van der Waals surface area contributed by atoms with E-state index in [0.717, 1.165) is 61.1 Å². The first-order valence-corrected chi connectivity index (χ1v) is 16.9. The molecule has 0 spiro atoms. The maximum atomic E-state index is 13.0. The first-order valence-electron chi connectivity index (χ1n) is 15.4. The fourth-order valence-corrected chi connectivity index (χ4v) is 6.35. The van der Waals surface area contributed by atoms with Crippen molar-refractivity contribution in [3.05, 3.63) is 102 Å². The summed E-state index contributed by atoms with van der Waals surface area (Å²) >= 11 is 0. The lowest BCUT2D eigenvalue weighted by Gasteiger charge is -2.27. The van der Waals surface area contributed by atoms with Crippen LogP contribution in [0.2, 0.25) is 0 Å². The van der Waals surface area contributed by atoms with Gasteiger partial charge in [-0.25, -0.2) is 13.2 Å². The Kier molecular flexibility index (Phi) is 10.6. The summed E-state index contributed by atoms with van der Waals surface area (Å²) in [6, 6.07) is 26.1. The second-order valence-electron chi connectivity index (χ2n) is 11.1. The van der Waals surface area contributed by atoms with E-state index in [1.54, 1.807) is 36.4 Å². The number of carbonyl (C=O) groups is 1. The molecule has 0 bridgehead atoms. The van der Waals surface area contributed by atoms with E-state index < -0.39 is 10.0 Å². The molecule has 2 amide bonds. The summed E-state index contributed by atoms with van der Waals surface area (Å²) in [6.45, 7) is 4.04. The lowest BCUT2D eigenvalue weighted by molar-refractivity contribution is 0.252. The van der Waals surface area contributed by atoms with Crippen LogP contribution in [0.4, 0.5) is 16.2 Å². The minimum Gasteiger partial charge on any atom is -0.508 e. The average Bonchev–Trinajstić information content (AvgIpc) is 3.04. The lowest BCUT2D eigenvalue weighted by atomic mass is 9.94. The molecule has 1 atom stereocenters. The van der Waals surface area contributed by atoms with Crippen LogP contribution in [0.5, 0.6) is 11.5 Å². The van der Waals surface area contributed by atoms with Crippen molar-refractivity contribution in [2.24, 2.45) is 0 Å². The Morgan fingerprint density at radius 2 is 1.58 bits per heavy atom. The molecule has 0 fully saturated rings. The van der Waals surface area contributed by atoms with Gasteiger partial charge in [-0.15, -0.1) is 0 Å². The number of benzene rings is 4. The number of anilines is 2. The number of hydrogen-bond acceptors (Lipinski definition) is 6. The van der Waals surface area contributed by atoms with Gasteiger partial charge in [0, 0.05) is 17.9 Å². The molecule has 4 aromatic rings. The summed E-state index contributed by atoms with van der Waals surface area (Å²) < 4.78 is 34.6. The monoisotopic (exact) mass is 628 g/mol. The molecule has 0 aromatic heterocycles. The molecule has 4 aromatic carbocycles. The van der Waals surface area contributed by atoms with E-state index in [0.29, 0.717) is 24.5 Å². The standard InChI is InChI=1S/C35H40N4O5S/c1-2-3-4-5-21-37-35(41)38-28-13-18-32(19-14-28)45(42,43)39-29-11-6-25(7-12-29)26-9-16-31(17-10-26)44-24-34-33-23-30(40)15-8-27(33)20-22-36-34/h6-19,23,34,36,39-40H,2-5,20-22,24H2,1H3,(H2,37,38,41). The van der Waals surface area contributed by atoms with Crippen molar-refractivity contribution >= 4 is 27.4 Å². The van der Waals surface area contributed by atoms with E-state index in [1.807, 2.05) is 42.5 Å². The smallest absolute Gasteiger partial charge is 0.319 e. The van der Waals surface area contributed by atoms with E-state index in [4.69, 9.17) is 4.74 Å². The SMILES string of the molecule is CCCCCCNC(=O)Nc1ccc(S(=O)(=O)Nc2ccc(-c3ccc(OCC4NCCc5ccc(O)cc54)cc3)cc2)cc1. The number of rotatable bonds is 13. The van der Waals surface area contributed by atoms with E-state index in [1.165, 1.54) is 17.7 Å². The number of phenolic OH excluding ortho intramolecular Hbond substituents is 1. The van der Waals surface area contributed by atoms with Gasteiger partial charge in [-0.2, -0.15) is 0 Å². The highest BCUT2D eigenvalue weighted by Crippen LogP contribution is 2.29. The van der Waals surface area contributed by atoms with Crippen molar-refractivity contribution in [2.75, 3.05) is 29.7 Å². The molecule has 0 saturated heterocycles. The van der Waals surface area contributed by atoms with Gasteiger partial charge in [0.2, 0.25) is 0 Å². The minimum absolute atomic E-state index is 0.00265. The second-order valence-corrected chi connectivity index (χ2v) is 12.8. The van der Waals surface area contributed by atoms with Crippen molar-refractivity contribution in [2.45, 2.75) is 50.0 Å². The zero-order chi connectivity index (χ0) is 31.6. The fraction of sp³-hybridized carbons (Fsp3) is 0.286. The van der Waals surface area contributed by atoms with E-state index in [-0.39, 0.29) is 22.7 Å². The van der Waals surface area contributed by atoms with Crippen LogP contribution < -0.4 is 25.4 Å². The number of amides is 2. The van der Waals surface area contributed by atoms with Gasteiger partial charge in [0.1, 0.15) is 18.1 Å². The number of nitrogens with one attached hydrogen (secondary N) is 4. The molecule has 1 aliphatic rings. The summed E-state index contributed by atoms with van der Waals surface area (Å²) in [5, 5.41) is 18.9. The Morgan fingerprint density at radius 3 is 2.29 bits per heavy atom. The van der Waals surface area contributed by atoms with Crippen molar-refractivity contribution in [3.8, 4) is 22.6 Å². The van der Waals surface area contributed by atoms with E-state index in [2.05, 4.69) is 27.6 Å². The quantitative estimate of drug-likeness (QED) is 0.103. The molecule has 236 valence electrons. The first kappa shape index (κ1) is 31.9. The highest BCUT2D eigenvalue weighted by Gasteiger charge is 2.21. The van der Waals surface area contributed by atoms with E-state index >= 15 is 0 Å². The molecular formula is C35H40N4O5S. The predicted octanol–water partition coefficient (Wildman–Crippen LogP) is 6.83. The average molecular weight is 629 g/mol. The van der Waals surface area contributed by atoms with Crippen LogP contribution >= 0.6 is 0 Å². The van der Waals surface area contributed by atoms with Gasteiger partial charge >= 0.3 is 6.03 Å². The number of sulfonamides is 1. The highest BCUT2D eigenvalue weighted by atomic mass is 32.2. The Hall–Kier alpha value is -4.54. The third kappa shape index (κ3) is 8.77. The molecule has 5 N–H and O–H groups in total. The number of urea groups is 1.